The largest absolute Gasteiger partial charge is 0.345 e. The van der Waals surface area contributed by atoms with Crippen LogP contribution in [0.4, 0.5) is 5.13 Å². The highest BCUT2D eigenvalue weighted by molar-refractivity contribution is 7.15. The summed E-state index contributed by atoms with van der Waals surface area (Å²) in [7, 11) is 0. The van der Waals surface area contributed by atoms with E-state index in [0.717, 1.165) is 12.6 Å². The van der Waals surface area contributed by atoms with Crippen molar-refractivity contribution in [3.63, 3.8) is 0 Å². The van der Waals surface area contributed by atoms with Gasteiger partial charge in [-0.05, 0) is 32.6 Å². The third-order valence-corrected chi connectivity index (χ3v) is 4.52. The van der Waals surface area contributed by atoms with E-state index in [1.165, 1.54) is 42.2 Å². The first-order valence-corrected chi connectivity index (χ1v) is 7.09. The Balaban J connectivity index is 1.62. The van der Waals surface area contributed by atoms with Crippen LogP contribution in [-0.4, -0.2) is 23.6 Å². The first-order valence-electron chi connectivity index (χ1n) is 6.27. The van der Waals surface area contributed by atoms with Crippen molar-refractivity contribution in [1.29, 1.82) is 0 Å². The molecule has 3 nitrogen and oxygen atoms in total. The summed E-state index contributed by atoms with van der Waals surface area (Å²) in [6.45, 7) is 4.49. The van der Waals surface area contributed by atoms with Crippen LogP contribution < -0.4 is 10.2 Å². The van der Waals surface area contributed by atoms with E-state index in [1.807, 2.05) is 17.5 Å². The van der Waals surface area contributed by atoms with Gasteiger partial charge in [0, 0.05) is 36.2 Å². The van der Waals surface area contributed by atoms with Gasteiger partial charge in [0.1, 0.15) is 0 Å². The van der Waals surface area contributed by atoms with Crippen molar-refractivity contribution < 1.29 is 0 Å². The summed E-state index contributed by atoms with van der Waals surface area (Å²) in [6.07, 6.45) is 7.38. The number of rotatable bonds is 4. The Morgan fingerprint density at radius 3 is 3.06 bits per heavy atom. The fraction of sp³-hybridized carbons (Fsp3) is 0.750. The maximum absolute atomic E-state index is 4.55. The minimum absolute atomic E-state index is 0.676. The van der Waals surface area contributed by atoms with Crippen molar-refractivity contribution in [3.05, 3.63) is 11.1 Å². The lowest BCUT2D eigenvalue weighted by Gasteiger charge is -2.19. The van der Waals surface area contributed by atoms with Crippen molar-refractivity contribution >= 4 is 16.5 Å². The number of nitrogens with one attached hydrogen (secondary N) is 1. The van der Waals surface area contributed by atoms with Gasteiger partial charge in [0.15, 0.2) is 5.13 Å². The highest BCUT2D eigenvalue weighted by atomic mass is 32.1. The highest BCUT2D eigenvalue weighted by Crippen LogP contribution is 2.29. The number of nitrogens with zero attached hydrogens (tertiary/aromatic N) is 2. The van der Waals surface area contributed by atoms with Gasteiger partial charge in [-0.2, -0.15) is 0 Å². The second-order valence-electron chi connectivity index (χ2n) is 4.95. The summed E-state index contributed by atoms with van der Waals surface area (Å²) in [6, 6.07) is 1.46. The van der Waals surface area contributed by atoms with Crippen LogP contribution in [0.25, 0.3) is 0 Å². The SMILES string of the molecule is CC1CCCN1c1ncc(CNC2CC2)s1. The minimum atomic E-state index is 0.676. The number of hydrogen-bond acceptors (Lipinski definition) is 4. The van der Waals surface area contributed by atoms with Crippen molar-refractivity contribution in [3.8, 4) is 0 Å². The predicted octanol–water partition coefficient (Wildman–Crippen LogP) is 2.38. The van der Waals surface area contributed by atoms with E-state index in [-0.39, 0.29) is 0 Å². The molecule has 1 aliphatic heterocycles. The molecule has 2 aliphatic rings. The standard InChI is InChI=1S/C12H19N3S/c1-9-3-2-6-15(9)12-14-8-11(16-12)7-13-10-4-5-10/h8-10,13H,2-7H2,1H3. The third kappa shape index (κ3) is 2.23. The van der Waals surface area contributed by atoms with Crippen molar-refractivity contribution in [1.82, 2.24) is 10.3 Å². The van der Waals surface area contributed by atoms with Gasteiger partial charge >= 0.3 is 0 Å². The molecule has 0 amide bonds. The Labute approximate surface area is 101 Å². The van der Waals surface area contributed by atoms with Crippen LogP contribution in [0, 0.1) is 0 Å². The minimum Gasteiger partial charge on any atom is -0.345 e. The molecule has 1 aromatic rings. The van der Waals surface area contributed by atoms with Crippen LogP contribution in [0.1, 0.15) is 37.5 Å². The molecular formula is C12H19N3S. The van der Waals surface area contributed by atoms with Crippen LogP contribution in [0.2, 0.25) is 0 Å². The Morgan fingerprint density at radius 2 is 2.38 bits per heavy atom. The molecule has 1 aromatic heterocycles. The molecule has 0 radical (unpaired) electrons. The molecule has 0 aromatic carbocycles. The van der Waals surface area contributed by atoms with Gasteiger partial charge in [-0.15, -0.1) is 11.3 Å². The first kappa shape index (κ1) is 10.5. The van der Waals surface area contributed by atoms with Crippen LogP contribution in [-0.2, 0) is 6.54 Å². The van der Waals surface area contributed by atoms with Crippen LogP contribution in [0.3, 0.4) is 0 Å². The van der Waals surface area contributed by atoms with E-state index < -0.39 is 0 Å². The summed E-state index contributed by atoms with van der Waals surface area (Å²) in [5, 5.41) is 4.76. The number of hydrogen-bond donors (Lipinski definition) is 1. The zero-order valence-electron chi connectivity index (χ0n) is 9.78. The fourth-order valence-corrected chi connectivity index (χ4v) is 3.25. The average molecular weight is 237 g/mol. The first-order chi connectivity index (χ1) is 7.83. The van der Waals surface area contributed by atoms with Crippen LogP contribution in [0.5, 0.6) is 0 Å². The summed E-state index contributed by atoms with van der Waals surface area (Å²) in [4.78, 5) is 8.38. The van der Waals surface area contributed by atoms with Crippen LogP contribution in [0.15, 0.2) is 6.20 Å². The average Bonchev–Trinajstić information content (AvgIpc) is 2.82. The lowest BCUT2D eigenvalue weighted by molar-refractivity contribution is 0.694. The summed E-state index contributed by atoms with van der Waals surface area (Å²) < 4.78 is 0. The quantitative estimate of drug-likeness (QED) is 0.871. The molecule has 2 heterocycles. The normalized spacial score (nSPS) is 25.3. The molecule has 1 unspecified atom stereocenters. The number of aromatic nitrogens is 1. The molecule has 16 heavy (non-hydrogen) atoms. The summed E-state index contributed by atoms with van der Waals surface area (Å²) in [5.41, 5.74) is 0. The van der Waals surface area contributed by atoms with Gasteiger partial charge in [-0.3, -0.25) is 0 Å². The maximum Gasteiger partial charge on any atom is 0.185 e. The molecule has 4 heteroatoms. The molecule has 1 saturated carbocycles. The van der Waals surface area contributed by atoms with Gasteiger partial charge in [-0.1, -0.05) is 0 Å². The van der Waals surface area contributed by atoms with E-state index >= 15 is 0 Å². The van der Waals surface area contributed by atoms with Crippen molar-refractivity contribution in [2.75, 3.05) is 11.4 Å². The van der Waals surface area contributed by atoms with E-state index in [9.17, 15) is 0 Å². The van der Waals surface area contributed by atoms with E-state index in [0.29, 0.717) is 6.04 Å². The van der Waals surface area contributed by atoms with Gasteiger partial charge in [0.05, 0.1) is 0 Å². The second kappa shape index (κ2) is 4.34. The van der Waals surface area contributed by atoms with Crippen molar-refractivity contribution in [2.24, 2.45) is 0 Å². The molecule has 1 aliphatic carbocycles. The Morgan fingerprint density at radius 1 is 1.50 bits per heavy atom. The third-order valence-electron chi connectivity index (χ3n) is 3.48. The molecule has 1 saturated heterocycles. The lowest BCUT2D eigenvalue weighted by Crippen LogP contribution is -2.25. The van der Waals surface area contributed by atoms with Gasteiger partial charge < -0.3 is 10.2 Å². The Kier molecular flexibility index (Phi) is 2.86. The number of anilines is 1. The topological polar surface area (TPSA) is 28.2 Å². The lowest BCUT2D eigenvalue weighted by atomic mass is 10.2. The summed E-state index contributed by atoms with van der Waals surface area (Å²) in [5.74, 6) is 0. The monoisotopic (exact) mass is 237 g/mol. The zero-order chi connectivity index (χ0) is 11.0. The molecule has 0 spiro atoms. The predicted molar refractivity (Wildman–Crippen MR) is 68.0 cm³/mol. The van der Waals surface area contributed by atoms with E-state index in [4.69, 9.17) is 0 Å². The van der Waals surface area contributed by atoms with E-state index in [1.54, 1.807) is 0 Å². The molecule has 2 fully saturated rings. The van der Waals surface area contributed by atoms with Crippen LogP contribution >= 0.6 is 11.3 Å². The Bertz CT molecular complexity index is 359. The smallest absolute Gasteiger partial charge is 0.185 e. The molecule has 0 bridgehead atoms. The number of thiazole rings is 1. The summed E-state index contributed by atoms with van der Waals surface area (Å²) >= 11 is 1.86. The molecule has 3 rings (SSSR count). The van der Waals surface area contributed by atoms with E-state index in [2.05, 4.69) is 22.1 Å². The fourth-order valence-electron chi connectivity index (χ4n) is 2.26. The Hall–Kier alpha value is -0.610. The highest BCUT2D eigenvalue weighted by Gasteiger charge is 2.24. The zero-order valence-corrected chi connectivity index (χ0v) is 10.6. The van der Waals surface area contributed by atoms with Gasteiger partial charge in [0.2, 0.25) is 0 Å². The van der Waals surface area contributed by atoms with Gasteiger partial charge in [-0.25, -0.2) is 4.98 Å². The molecule has 88 valence electrons. The molecule has 1 atom stereocenters. The molecule has 1 N–H and O–H groups in total. The maximum atomic E-state index is 4.55. The van der Waals surface area contributed by atoms with Crippen molar-refractivity contribution in [2.45, 2.75) is 51.2 Å². The molecular weight excluding hydrogens is 218 g/mol. The van der Waals surface area contributed by atoms with Gasteiger partial charge in [0.25, 0.3) is 0 Å². The second-order valence-corrected chi connectivity index (χ2v) is 6.04.